The van der Waals surface area contributed by atoms with Crippen molar-refractivity contribution in [1.82, 2.24) is 9.38 Å². The Hall–Kier alpha value is -4.83. The molecule has 4 nitrogen and oxygen atoms in total. The lowest BCUT2D eigenvalue weighted by Gasteiger charge is -2.09. The highest BCUT2D eigenvalue weighted by atomic mass is 16.5. The first-order chi connectivity index (χ1) is 17.3. The van der Waals surface area contributed by atoms with Crippen molar-refractivity contribution >= 4 is 27.7 Å². The van der Waals surface area contributed by atoms with Crippen LogP contribution in [0, 0.1) is 0 Å². The maximum Gasteiger partial charge on any atom is 0.307 e. The maximum absolute atomic E-state index is 6.13. The van der Waals surface area contributed by atoms with E-state index in [4.69, 9.17) is 14.1 Å². The van der Waals surface area contributed by atoms with E-state index >= 15 is 0 Å². The lowest BCUT2D eigenvalue weighted by atomic mass is 10.0. The van der Waals surface area contributed by atoms with Crippen LogP contribution in [0.3, 0.4) is 0 Å². The van der Waals surface area contributed by atoms with Crippen molar-refractivity contribution in [3.63, 3.8) is 0 Å². The molecule has 2 heterocycles. The molecule has 4 heteroatoms. The van der Waals surface area contributed by atoms with Crippen LogP contribution in [0.1, 0.15) is 0 Å². The number of fused-ring (bicyclic) bond motifs is 4. The van der Waals surface area contributed by atoms with Crippen LogP contribution < -0.4 is 4.74 Å². The summed E-state index contributed by atoms with van der Waals surface area (Å²) >= 11 is 0. The molecule has 7 aromatic rings. The first-order valence-electron chi connectivity index (χ1n) is 11.6. The molecule has 0 bridgehead atoms. The molecule has 0 radical (unpaired) electrons. The van der Waals surface area contributed by atoms with Gasteiger partial charge in [0.1, 0.15) is 17.2 Å². The van der Waals surface area contributed by atoms with Crippen LogP contribution in [0.25, 0.3) is 50.2 Å². The van der Waals surface area contributed by atoms with Gasteiger partial charge in [0.15, 0.2) is 5.58 Å². The predicted octanol–water partition coefficient (Wildman–Crippen LogP) is 8.36. The van der Waals surface area contributed by atoms with E-state index in [-0.39, 0.29) is 0 Å². The van der Waals surface area contributed by atoms with Crippen molar-refractivity contribution in [3.8, 4) is 34.0 Å². The summed E-state index contributed by atoms with van der Waals surface area (Å²) in [6.07, 6.45) is 0. The number of hydrogen-bond donors (Lipinski definition) is 0. The summed E-state index contributed by atoms with van der Waals surface area (Å²) in [5.41, 5.74) is 5.76. The Bertz CT molecular complexity index is 1810. The molecule has 0 fully saturated rings. The number of nitrogens with zero attached hydrogens (tertiary/aromatic N) is 2. The molecule has 0 saturated carbocycles. The van der Waals surface area contributed by atoms with Crippen molar-refractivity contribution < 1.29 is 9.15 Å². The summed E-state index contributed by atoms with van der Waals surface area (Å²) in [6, 6.07) is 40.8. The van der Waals surface area contributed by atoms with Gasteiger partial charge in [-0.3, -0.25) is 4.40 Å². The molecule has 35 heavy (non-hydrogen) atoms. The van der Waals surface area contributed by atoms with Crippen LogP contribution in [0.5, 0.6) is 11.5 Å². The number of benzene rings is 5. The lowest BCUT2D eigenvalue weighted by molar-refractivity contribution is 0.483. The maximum atomic E-state index is 6.13. The van der Waals surface area contributed by atoms with E-state index in [1.165, 1.54) is 10.8 Å². The van der Waals surface area contributed by atoms with Gasteiger partial charge in [-0.05, 0) is 65.4 Å². The molecule has 0 spiro atoms. The van der Waals surface area contributed by atoms with Gasteiger partial charge >= 0.3 is 5.84 Å². The topological polar surface area (TPSA) is 39.7 Å². The average Bonchev–Trinajstić information content (AvgIpc) is 3.46. The smallest absolute Gasteiger partial charge is 0.307 e. The summed E-state index contributed by atoms with van der Waals surface area (Å²) in [4.78, 5) is 4.96. The molecule has 166 valence electrons. The van der Waals surface area contributed by atoms with Gasteiger partial charge in [0, 0.05) is 11.1 Å². The third-order valence-electron chi connectivity index (χ3n) is 6.28. The van der Waals surface area contributed by atoms with Gasteiger partial charge in [0.05, 0.1) is 11.2 Å². The fraction of sp³-hybridized carbons (Fsp3) is 0. The van der Waals surface area contributed by atoms with Crippen molar-refractivity contribution in [1.29, 1.82) is 0 Å². The van der Waals surface area contributed by atoms with E-state index in [1.54, 1.807) is 0 Å². The van der Waals surface area contributed by atoms with E-state index in [1.807, 2.05) is 60.7 Å². The number of hydrogen-bond acceptors (Lipinski definition) is 3. The van der Waals surface area contributed by atoms with E-state index in [9.17, 15) is 0 Å². The Kier molecular flexibility index (Phi) is 4.42. The first-order valence-corrected chi connectivity index (χ1v) is 11.6. The van der Waals surface area contributed by atoms with Crippen LogP contribution in [-0.4, -0.2) is 9.38 Å². The second-order valence-corrected chi connectivity index (χ2v) is 8.50. The molecular weight excluding hydrogens is 432 g/mol. The number of oxazole rings is 1. The lowest BCUT2D eigenvalue weighted by Crippen LogP contribution is -1.90. The number of ether oxygens (including phenoxy) is 1. The van der Waals surface area contributed by atoms with E-state index in [0.29, 0.717) is 5.84 Å². The van der Waals surface area contributed by atoms with Crippen molar-refractivity contribution in [2.45, 2.75) is 0 Å². The Balaban J connectivity index is 1.41. The van der Waals surface area contributed by atoms with Gasteiger partial charge < -0.3 is 9.15 Å². The monoisotopic (exact) mass is 452 g/mol. The van der Waals surface area contributed by atoms with Crippen molar-refractivity contribution in [2.24, 2.45) is 0 Å². The fourth-order valence-corrected chi connectivity index (χ4v) is 4.63. The van der Waals surface area contributed by atoms with Crippen molar-refractivity contribution in [3.05, 3.63) is 121 Å². The van der Waals surface area contributed by atoms with Crippen LogP contribution >= 0.6 is 0 Å². The summed E-state index contributed by atoms with van der Waals surface area (Å²) in [7, 11) is 0. The minimum atomic E-state index is 0.578. The summed E-state index contributed by atoms with van der Waals surface area (Å²) < 4.78 is 14.3. The van der Waals surface area contributed by atoms with Crippen LogP contribution in [0.4, 0.5) is 0 Å². The second-order valence-electron chi connectivity index (χ2n) is 8.50. The molecule has 0 unspecified atom stereocenters. The van der Waals surface area contributed by atoms with Gasteiger partial charge in [-0.25, -0.2) is 0 Å². The molecule has 0 aliphatic carbocycles. The van der Waals surface area contributed by atoms with Crippen LogP contribution in [0.15, 0.2) is 126 Å². The number of para-hydroxylation sites is 3. The van der Waals surface area contributed by atoms with Gasteiger partial charge in [-0.2, -0.15) is 4.98 Å². The second kappa shape index (κ2) is 7.89. The highest BCUT2D eigenvalue weighted by Gasteiger charge is 2.21. The van der Waals surface area contributed by atoms with E-state index in [2.05, 4.69) is 65.1 Å². The number of aromatic nitrogens is 2. The third kappa shape index (κ3) is 3.35. The normalized spacial score (nSPS) is 11.4. The zero-order valence-electron chi connectivity index (χ0n) is 18.8. The van der Waals surface area contributed by atoms with Gasteiger partial charge in [0.25, 0.3) is 0 Å². The first kappa shape index (κ1) is 19.6. The molecule has 0 atom stereocenters. The SMILES string of the molecule is c1ccc(Oc2ccc(-c3c(-c4ccc5ccccc5c4)nc4oc5ccccc5n34)cc2)cc1. The summed E-state index contributed by atoms with van der Waals surface area (Å²) in [5, 5.41) is 2.38. The molecule has 0 aliphatic rings. The fourth-order valence-electron chi connectivity index (χ4n) is 4.63. The minimum Gasteiger partial charge on any atom is -0.457 e. The predicted molar refractivity (Wildman–Crippen MR) is 140 cm³/mol. The quantitative estimate of drug-likeness (QED) is 0.269. The Morgan fingerprint density at radius 2 is 1.29 bits per heavy atom. The molecule has 5 aromatic carbocycles. The Morgan fingerprint density at radius 1 is 0.600 bits per heavy atom. The Labute approximate surface area is 201 Å². The van der Waals surface area contributed by atoms with Crippen LogP contribution in [-0.2, 0) is 0 Å². The zero-order valence-corrected chi connectivity index (χ0v) is 18.8. The van der Waals surface area contributed by atoms with Crippen LogP contribution in [0.2, 0.25) is 0 Å². The molecule has 7 rings (SSSR count). The van der Waals surface area contributed by atoms with Gasteiger partial charge in [-0.1, -0.05) is 66.7 Å². The molecule has 0 amide bonds. The third-order valence-corrected chi connectivity index (χ3v) is 6.28. The van der Waals surface area contributed by atoms with E-state index in [0.717, 1.165) is 45.1 Å². The summed E-state index contributed by atoms with van der Waals surface area (Å²) in [5.74, 6) is 2.17. The minimum absolute atomic E-state index is 0.578. The molecular formula is C31H20N2O2. The highest BCUT2D eigenvalue weighted by molar-refractivity contribution is 5.92. The number of rotatable bonds is 4. The van der Waals surface area contributed by atoms with E-state index < -0.39 is 0 Å². The molecule has 0 aliphatic heterocycles. The number of imidazole rings is 1. The largest absolute Gasteiger partial charge is 0.457 e. The van der Waals surface area contributed by atoms with Crippen molar-refractivity contribution in [2.75, 3.05) is 0 Å². The molecule has 2 aromatic heterocycles. The molecule has 0 saturated heterocycles. The average molecular weight is 453 g/mol. The zero-order chi connectivity index (χ0) is 23.2. The standard InChI is InChI=1S/C31H20N2O2/c1-2-10-25(11-3-1)34-26-18-16-22(17-19-26)30-29(24-15-14-21-8-4-5-9-23(21)20-24)32-31-33(30)27-12-6-7-13-28(27)35-31/h1-20H. The van der Waals surface area contributed by atoms with Gasteiger partial charge in [-0.15, -0.1) is 0 Å². The Morgan fingerprint density at radius 3 is 2.14 bits per heavy atom. The summed E-state index contributed by atoms with van der Waals surface area (Å²) in [6.45, 7) is 0. The van der Waals surface area contributed by atoms with Gasteiger partial charge in [0.2, 0.25) is 0 Å². The highest BCUT2D eigenvalue weighted by Crippen LogP contribution is 2.38. The molecule has 0 N–H and O–H groups in total.